The number of benzene rings is 2. The minimum atomic E-state index is -1.35. The molecule has 1 N–H and O–H groups in total. The zero-order valence-corrected chi connectivity index (χ0v) is 11.0. The molecule has 2 aliphatic heterocycles. The lowest BCUT2D eigenvalue weighted by Crippen LogP contribution is -2.16. The van der Waals surface area contributed by atoms with E-state index >= 15 is 0 Å². The van der Waals surface area contributed by atoms with Crippen molar-refractivity contribution in [3.05, 3.63) is 70.3 Å². The summed E-state index contributed by atoms with van der Waals surface area (Å²) in [5, 5.41) is 9.11. The standard InChI is InChI=1S/C16H8O6/c17-13-8-1-3-9(4-2-8)15(20)22-16(21)12-7-10(13)5-6-11(12)14(18)19/h1-7H,(H,18,19). The van der Waals surface area contributed by atoms with Crippen LogP contribution in [0.1, 0.15) is 47.0 Å². The Labute approximate surface area is 123 Å². The summed E-state index contributed by atoms with van der Waals surface area (Å²) < 4.78 is 4.67. The smallest absolute Gasteiger partial charge is 0.346 e. The minimum absolute atomic E-state index is 0.0942. The predicted molar refractivity (Wildman–Crippen MR) is 73.0 cm³/mol. The third-order valence-electron chi connectivity index (χ3n) is 3.30. The van der Waals surface area contributed by atoms with Gasteiger partial charge in [-0.1, -0.05) is 18.2 Å². The quantitative estimate of drug-likeness (QED) is 0.637. The van der Waals surface area contributed by atoms with E-state index in [4.69, 9.17) is 5.11 Å². The van der Waals surface area contributed by atoms with Gasteiger partial charge in [0.05, 0.1) is 16.7 Å². The van der Waals surface area contributed by atoms with Crippen LogP contribution in [0.3, 0.4) is 0 Å². The summed E-state index contributed by atoms with van der Waals surface area (Å²) in [4.78, 5) is 47.4. The van der Waals surface area contributed by atoms with Crippen LogP contribution in [0.2, 0.25) is 0 Å². The van der Waals surface area contributed by atoms with Crippen LogP contribution in [-0.2, 0) is 4.74 Å². The lowest BCUT2D eigenvalue weighted by atomic mass is 9.98. The SMILES string of the molecule is O=C1OC(=O)c2cc(ccc2C(=O)O)C(=O)c2ccc1cc2. The first-order chi connectivity index (χ1) is 10.5. The van der Waals surface area contributed by atoms with Crippen LogP contribution in [0.15, 0.2) is 42.5 Å². The zero-order chi connectivity index (χ0) is 15.9. The highest BCUT2D eigenvalue weighted by atomic mass is 16.6. The Morgan fingerprint density at radius 1 is 0.818 bits per heavy atom. The molecule has 6 nitrogen and oxygen atoms in total. The van der Waals surface area contributed by atoms with E-state index in [0.29, 0.717) is 5.56 Å². The summed E-state index contributed by atoms with van der Waals surface area (Å²) in [5.41, 5.74) is -0.123. The van der Waals surface area contributed by atoms with Crippen molar-refractivity contribution in [2.24, 2.45) is 0 Å². The van der Waals surface area contributed by atoms with Gasteiger partial charge in [-0.2, -0.15) is 0 Å². The van der Waals surface area contributed by atoms with E-state index in [0.717, 1.165) is 12.1 Å². The third kappa shape index (κ3) is 2.16. The number of carbonyl (C=O) groups excluding carboxylic acids is 3. The van der Waals surface area contributed by atoms with Crippen LogP contribution in [0.5, 0.6) is 0 Å². The molecule has 108 valence electrons. The lowest BCUT2D eigenvalue weighted by Gasteiger charge is -2.06. The molecule has 0 aliphatic carbocycles. The molecular formula is C16H8O6. The number of aromatic carboxylic acids is 1. The fourth-order valence-electron chi connectivity index (χ4n) is 2.16. The van der Waals surface area contributed by atoms with E-state index < -0.39 is 17.9 Å². The molecule has 4 rings (SSSR count). The van der Waals surface area contributed by atoms with Crippen LogP contribution >= 0.6 is 0 Å². The van der Waals surface area contributed by atoms with Gasteiger partial charge >= 0.3 is 17.9 Å². The second-order valence-corrected chi connectivity index (χ2v) is 4.65. The second kappa shape index (κ2) is 4.92. The molecule has 0 saturated heterocycles. The van der Waals surface area contributed by atoms with Gasteiger partial charge in [0.1, 0.15) is 0 Å². The molecule has 2 aliphatic rings. The van der Waals surface area contributed by atoms with Crippen LogP contribution < -0.4 is 0 Å². The molecule has 0 saturated carbocycles. The first-order valence-corrected chi connectivity index (χ1v) is 6.26. The fraction of sp³-hybridized carbons (Fsp3) is 0. The number of carbonyl (C=O) groups is 4. The Morgan fingerprint density at radius 2 is 1.41 bits per heavy atom. The number of rotatable bonds is 1. The van der Waals surface area contributed by atoms with Gasteiger partial charge in [-0.15, -0.1) is 0 Å². The summed E-state index contributed by atoms with van der Waals surface area (Å²) in [6.45, 7) is 0. The molecular weight excluding hydrogens is 288 g/mol. The van der Waals surface area contributed by atoms with Crippen molar-refractivity contribution in [2.45, 2.75) is 0 Å². The Kier molecular flexibility index (Phi) is 3.06. The van der Waals surface area contributed by atoms with Crippen molar-refractivity contribution in [2.75, 3.05) is 0 Å². The molecule has 0 spiro atoms. The molecule has 0 atom stereocenters. The summed E-state index contributed by atoms with van der Waals surface area (Å²) in [5.74, 6) is -3.76. The first kappa shape index (κ1) is 13.7. The predicted octanol–water partition coefficient (Wildman–Crippen LogP) is 1.93. The topological polar surface area (TPSA) is 97.7 Å². The van der Waals surface area contributed by atoms with Crippen molar-refractivity contribution in [1.82, 2.24) is 0 Å². The Hall–Kier alpha value is -3.28. The van der Waals surface area contributed by atoms with Crippen molar-refractivity contribution in [1.29, 1.82) is 0 Å². The lowest BCUT2D eigenvalue weighted by molar-refractivity contribution is 0.0392. The van der Waals surface area contributed by atoms with Crippen molar-refractivity contribution >= 4 is 23.7 Å². The summed E-state index contributed by atoms with van der Waals surface area (Å²) in [6, 6.07) is 9.21. The van der Waals surface area contributed by atoms with Crippen LogP contribution in [0.4, 0.5) is 0 Å². The van der Waals surface area contributed by atoms with Crippen molar-refractivity contribution in [3.63, 3.8) is 0 Å². The monoisotopic (exact) mass is 296 g/mol. The Morgan fingerprint density at radius 3 is 2.05 bits per heavy atom. The molecule has 0 amide bonds. The van der Waals surface area contributed by atoms with E-state index in [2.05, 4.69) is 4.74 Å². The molecule has 6 heteroatoms. The number of esters is 2. The highest BCUT2D eigenvalue weighted by Crippen LogP contribution is 2.20. The molecule has 0 unspecified atom stereocenters. The second-order valence-electron chi connectivity index (χ2n) is 4.65. The van der Waals surface area contributed by atoms with Crippen LogP contribution in [-0.4, -0.2) is 28.8 Å². The number of ketones is 1. The van der Waals surface area contributed by atoms with Gasteiger partial charge in [-0.25, -0.2) is 14.4 Å². The molecule has 2 heterocycles. The van der Waals surface area contributed by atoms with E-state index in [-0.39, 0.29) is 28.0 Å². The molecule has 2 aromatic carbocycles. The molecule has 0 fully saturated rings. The van der Waals surface area contributed by atoms with Crippen LogP contribution in [0, 0.1) is 0 Å². The normalized spacial score (nSPS) is 13.5. The van der Waals surface area contributed by atoms with E-state index in [1.54, 1.807) is 0 Å². The maximum atomic E-state index is 12.3. The maximum absolute atomic E-state index is 12.3. The van der Waals surface area contributed by atoms with E-state index in [1.807, 2.05) is 0 Å². The summed E-state index contributed by atoms with van der Waals surface area (Å²) in [6.07, 6.45) is 0. The molecule has 4 bridgehead atoms. The molecule has 2 aromatic rings. The maximum Gasteiger partial charge on any atom is 0.346 e. The van der Waals surface area contributed by atoms with E-state index in [9.17, 15) is 19.2 Å². The number of fused-ring (bicyclic) bond motifs is 4. The van der Waals surface area contributed by atoms with Crippen LogP contribution in [0.25, 0.3) is 0 Å². The number of carboxylic acids is 1. The van der Waals surface area contributed by atoms with Gasteiger partial charge < -0.3 is 9.84 Å². The first-order valence-electron chi connectivity index (χ1n) is 6.26. The third-order valence-corrected chi connectivity index (χ3v) is 3.30. The number of carboxylic acid groups (broad SMARTS) is 1. The highest BCUT2D eigenvalue weighted by Gasteiger charge is 2.24. The highest BCUT2D eigenvalue weighted by molar-refractivity contribution is 6.14. The van der Waals surface area contributed by atoms with Gasteiger partial charge in [0.25, 0.3) is 0 Å². The van der Waals surface area contributed by atoms with Crippen molar-refractivity contribution < 1.29 is 29.0 Å². The van der Waals surface area contributed by atoms with Gasteiger partial charge in [-0.05, 0) is 24.3 Å². The largest absolute Gasteiger partial charge is 0.478 e. The van der Waals surface area contributed by atoms with E-state index in [1.165, 1.54) is 30.3 Å². The average molecular weight is 296 g/mol. The fourth-order valence-corrected chi connectivity index (χ4v) is 2.16. The minimum Gasteiger partial charge on any atom is -0.478 e. The molecule has 22 heavy (non-hydrogen) atoms. The average Bonchev–Trinajstić information content (AvgIpc) is 2.54. The molecule has 0 radical (unpaired) electrons. The van der Waals surface area contributed by atoms with Gasteiger partial charge in [0.15, 0.2) is 5.78 Å². The van der Waals surface area contributed by atoms with Gasteiger partial charge in [-0.3, -0.25) is 4.79 Å². The number of hydrogen-bond acceptors (Lipinski definition) is 5. The molecule has 0 aromatic heterocycles. The van der Waals surface area contributed by atoms with Crippen molar-refractivity contribution in [3.8, 4) is 0 Å². The Bertz CT molecular complexity index is 832. The number of ether oxygens (including phenoxy) is 1. The van der Waals surface area contributed by atoms with Gasteiger partial charge in [0, 0.05) is 11.1 Å². The summed E-state index contributed by atoms with van der Waals surface area (Å²) in [7, 11) is 0. The zero-order valence-electron chi connectivity index (χ0n) is 11.0. The Balaban J connectivity index is 2.26. The summed E-state index contributed by atoms with van der Waals surface area (Å²) >= 11 is 0. The number of hydrogen-bond donors (Lipinski definition) is 1. The van der Waals surface area contributed by atoms with Gasteiger partial charge in [0.2, 0.25) is 0 Å².